The number of benzene rings is 3. The molecule has 3 aliphatic heterocycles. The Morgan fingerprint density at radius 2 is 0.985 bits per heavy atom. The average Bonchev–Trinajstić information content (AvgIpc) is 3.80. The summed E-state index contributed by atoms with van der Waals surface area (Å²) in [7, 11) is 0. The standard InChI is InChI=1S/C48H65N9O6S2/c1-47(2)39(55-45(64-47)37(53-35(58)29-32-17-9-5-10-18-32)41(60)51-25-28-57-26-15-8-16-27-57)43(62)49-23-24-50-44(63)40-48(3,4)65-46(56-40)38(42(61)52-31-34-21-13-7-14-22-34)54-36(59)30-33-19-11-6-12-20-33/h5-7,9-14,17-22,37-40,45-46,55-56H,8,15-16,23-31H2,1-4H3,(H,49,62)(H,50,63)(H,51,60)(H,52,61)(H,53,58)(H,54,59)/t37-,38-,39+,40+,45-,46-/m1/s1. The van der Waals surface area contributed by atoms with Gasteiger partial charge in [-0.05, 0) is 70.3 Å². The Morgan fingerprint density at radius 1 is 0.569 bits per heavy atom. The summed E-state index contributed by atoms with van der Waals surface area (Å²) in [6.45, 7) is 11.4. The molecule has 0 saturated carbocycles. The molecule has 8 N–H and O–H groups in total. The van der Waals surface area contributed by atoms with Crippen molar-refractivity contribution >= 4 is 59.0 Å². The van der Waals surface area contributed by atoms with Gasteiger partial charge >= 0.3 is 0 Å². The van der Waals surface area contributed by atoms with E-state index < -0.39 is 44.4 Å². The maximum absolute atomic E-state index is 13.8. The Hall–Kier alpha value is -4.94. The minimum Gasteiger partial charge on any atom is -0.353 e. The van der Waals surface area contributed by atoms with Crippen LogP contribution in [0.25, 0.3) is 0 Å². The molecular formula is C48H65N9O6S2. The van der Waals surface area contributed by atoms with Crippen LogP contribution >= 0.6 is 23.5 Å². The van der Waals surface area contributed by atoms with E-state index in [1.807, 2.05) is 119 Å². The second kappa shape index (κ2) is 23.5. The molecule has 350 valence electrons. The largest absolute Gasteiger partial charge is 0.353 e. The summed E-state index contributed by atoms with van der Waals surface area (Å²) in [6.07, 6.45) is 3.71. The Bertz CT molecular complexity index is 2070. The van der Waals surface area contributed by atoms with E-state index in [-0.39, 0.29) is 67.9 Å². The summed E-state index contributed by atoms with van der Waals surface area (Å²) in [5, 5.41) is 23.2. The van der Waals surface area contributed by atoms with Crippen LogP contribution in [0.1, 0.15) is 63.6 Å². The van der Waals surface area contributed by atoms with Gasteiger partial charge in [-0.15, -0.1) is 23.5 Å². The number of carbonyl (C=O) groups excluding carboxylic acids is 6. The first-order chi connectivity index (χ1) is 31.2. The van der Waals surface area contributed by atoms with E-state index in [1.54, 1.807) is 0 Å². The van der Waals surface area contributed by atoms with Crippen LogP contribution in [0.5, 0.6) is 0 Å². The van der Waals surface area contributed by atoms with Gasteiger partial charge in [-0.2, -0.15) is 0 Å². The summed E-state index contributed by atoms with van der Waals surface area (Å²) in [5.74, 6) is -1.92. The topological polar surface area (TPSA) is 202 Å². The molecule has 15 nitrogen and oxygen atoms in total. The number of carbonyl (C=O) groups is 6. The van der Waals surface area contributed by atoms with Gasteiger partial charge in [-0.1, -0.05) is 97.4 Å². The van der Waals surface area contributed by atoms with E-state index in [1.165, 1.54) is 29.9 Å². The third-order valence-electron chi connectivity index (χ3n) is 11.9. The molecule has 65 heavy (non-hydrogen) atoms. The second-order valence-electron chi connectivity index (χ2n) is 17.9. The molecule has 0 aromatic heterocycles. The van der Waals surface area contributed by atoms with Crippen LogP contribution in [-0.2, 0) is 48.2 Å². The van der Waals surface area contributed by atoms with Crippen LogP contribution in [0.2, 0.25) is 0 Å². The molecule has 17 heteroatoms. The molecular weight excluding hydrogens is 863 g/mol. The van der Waals surface area contributed by atoms with Crippen LogP contribution in [0.15, 0.2) is 91.0 Å². The minimum atomic E-state index is -0.984. The predicted molar refractivity (Wildman–Crippen MR) is 257 cm³/mol. The van der Waals surface area contributed by atoms with E-state index in [0.717, 1.165) is 49.2 Å². The van der Waals surface area contributed by atoms with Crippen molar-refractivity contribution in [1.29, 1.82) is 0 Å². The molecule has 6 amide bonds. The van der Waals surface area contributed by atoms with Crippen molar-refractivity contribution in [2.75, 3.05) is 39.3 Å². The highest BCUT2D eigenvalue weighted by Gasteiger charge is 2.50. The van der Waals surface area contributed by atoms with Gasteiger partial charge in [-0.3, -0.25) is 39.4 Å². The SMILES string of the molecule is CC1(C)S[C@H]([C@H](NC(=O)Cc2ccccc2)C(=O)NCCN2CCCCC2)N[C@H]1C(=O)NCCNC(=O)[C@@H]1N[C@@H]([C@H](NC(=O)Cc2ccccc2)C(=O)NCc2ccccc2)SC1(C)C. The fourth-order valence-corrected chi connectivity index (χ4v) is 11.4. The van der Waals surface area contributed by atoms with Crippen LogP contribution in [0.4, 0.5) is 0 Å². The summed E-state index contributed by atoms with van der Waals surface area (Å²) in [5.41, 5.74) is 2.54. The summed E-state index contributed by atoms with van der Waals surface area (Å²) in [4.78, 5) is 84.0. The number of piperidine rings is 1. The fourth-order valence-electron chi connectivity index (χ4n) is 8.37. The van der Waals surface area contributed by atoms with E-state index >= 15 is 0 Å². The minimum absolute atomic E-state index is 0.0901. The van der Waals surface area contributed by atoms with Crippen molar-refractivity contribution in [3.63, 3.8) is 0 Å². The molecule has 3 saturated heterocycles. The molecule has 6 atom stereocenters. The number of nitrogens with zero attached hydrogens (tertiary/aromatic N) is 1. The lowest BCUT2D eigenvalue weighted by Gasteiger charge is -2.28. The molecule has 3 aliphatic rings. The van der Waals surface area contributed by atoms with Crippen LogP contribution in [0.3, 0.4) is 0 Å². The molecule has 0 unspecified atom stereocenters. The number of nitrogens with one attached hydrogen (secondary N) is 8. The number of rotatable bonds is 20. The van der Waals surface area contributed by atoms with E-state index in [0.29, 0.717) is 6.54 Å². The zero-order valence-electron chi connectivity index (χ0n) is 37.8. The maximum atomic E-state index is 13.8. The smallest absolute Gasteiger partial charge is 0.245 e. The van der Waals surface area contributed by atoms with E-state index in [4.69, 9.17) is 0 Å². The molecule has 3 aromatic rings. The monoisotopic (exact) mass is 927 g/mol. The normalized spacial score (nSPS) is 22.2. The molecule has 3 aromatic carbocycles. The van der Waals surface area contributed by atoms with Gasteiger partial charge in [0.05, 0.1) is 23.6 Å². The third-order valence-corrected chi connectivity index (χ3v) is 14.9. The number of hydrogen-bond donors (Lipinski definition) is 8. The van der Waals surface area contributed by atoms with E-state index in [2.05, 4.69) is 47.4 Å². The first kappa shape index (κ1) is 49.5. The van der Waals surface area contributed by atoms with E-state index in [9.17, 15) is 28.8 Å². The summed E-state index contributed by atoms with van der Waals surface area (Å²) < 4.78 is -1.32. The molecule has 3 fully saturated rings. The Kier molecular flexibility index (Phi) is 17.9. The van der Waals surface area contributed by atoms with Crippen LogP contribution < -0.4 is 42.5 Å². The molecule has 0 spiro atoms. The third kappa shape index (κ3) is 14.5. The highest BCUT2D eigenvalue weighted by atomic mass is 32.2. The van der Waals surface area contributed by atoms with Crippen molar-refractivity contribution in [1.82, 2.24) is 47.4 Å². The van der Waals surface area contributed by atoms with Gasteiger partial charge in [0, 0.05) is 42.2 Å². The van der Waals surface area contributed by atoms with Crippen LogP contribution in [0, 0.1) is 0 Å². The second-order valence-corrected chi connectivity index (χ2v) is 21.5. The maximum Gasteiger partial charge on any atom is 0.245 e. The highest BCUT2D eigenvalue weighted by Crippen LogP contribution is 2.40. The predicted octanol–water partition coefficient (Wildman–Crippen LogP) is 2.21. The lowest BCUT2D eigenvalue weighted by molar-refractivity contribution is -0.129. The number of thioether (sulfide) groups is 2. The molecule has 3 heterocycles. The van der Waals surface area contributed by atoms with Crippen molar-refractivity contribution in [3.05, 3.63) is 108 Å². The van der Waals surface area contributed by atoms with Gasteiger partial charge in [0.25, 0.3) is 0 Å². The van der Waals surface area contributed by atoms with Gasteiger partial charge < -0.3 is 36.8 Å². The Morgan fingerprint density at radius 3 is 1.43 bits per heavy atom. The van der Waals surface area contributed by atoms with Crippen molar-refractivity contribution in [2.24, 2.45) is 0 Å². The lowest BCUT2D eigenvalue weighted by Crippen LogP contribution is -2.59. The summed E-state index contributed by atoms with van der Waals surface area (Å²) >= 11 is 2.83. The molecule has 6 rings (SSSR count). The quantitative estimate of drug-likeness (QED) is 0.0773. The number of amides is 6. The number of likely N-dealkylation sites (tertiary alicyclic amines) is 1. The number of hydrogen-bond acceptors (Lipinski definition) is 11. The summed E-state index contributed by atoms with van der Waals surface area (Å²) in [6, 6.07) is 24.7. The first-order valence-electron chi connectivity index (χ1n) is 22.6. The Balaban J connectivity index is 1.02. The fraction of sp³-hybridized carbons (Fsp3) is 0.500. The zero-order valence-corrected chi connectivity index (χ0v) is 39.5. The van der Waals surface area contributed by atoms with Crippen molar-refractivity contribution in [3.8, 4) is 0 Å². The first-order valence-corrected chi connectivity index (χ1v) is 24.4. The highest BCUT2D eigenvalue weighted by molar-refractivity contribution is 8.01. The van der Waals surface area contributed by atoms with Gasteiger partial charge in [0.1, 0.15) is 24.2 Å². The van der Waals surface area contributed by atoms with Crippen LogP contribution in [-0.4, -0.2) is 124 Å². The lowest BCUT2D eigenvalue weighted by atomic mass is 10.0. The van der Waals surface area contributed by atoms with Gasteiger partial charge in [-0.25, -0.2) is 0 Å². The molecule has 0 radical (unpaired) electrons. The van der Waals surface area contributed by atoms with Crippen molar-refractivity contribution < 1.29 is 28.8 Å². The molecule has 0 bridgehead atoms. The van der Waals surface area contributed by atoms with Gasteiger partial charge in [0.2, 0.25) is 35.4 Å². The molecule has 0 aliphatic carbocycles. The Labute approximate surface area is 391 Å². The zero-order chi connectivity index (χ0) is 46.4. The van der Waals surface area contributed by atoms with Crippen molar-refractivity contribution in [2.45, 2.75) is 111 Å². The average molecular weight is 928 g/mol. The van der Waals surface area contributed by atoms with Gasteiger partial charge in [0.15, 0.2) is 0 Å².